The van der Waals surface area contributed by atoms with Gasteiger partial charge in [0.25, 0.3) is 0 Å². The molecule has 0 aromatic carbocycles. The molecule has 0 radical (unpaired) electrons. The van der Waals surface area contributed by atoms with Gasteiger partial charge in [0.15, 0.2) is 0 Å². The largest absolute Gasteiger partial charge is 0.478 e. The van der Waals surface area contributed by atoms with Crippen LogP contribution in [0.25, 0.3) is 0 Å². The molecular weight excluding hydrogens is 228 g/mol. The average Bonchev–Trinajstić information content (AvgIpc) is 2.20. The molecule has 0 aliphatic carbocycles. The van der Waals surface area contributed by atoms with Crippen LogP contribution in [0.4, 0.5) is 5.82 Å². The minimum Gasteiger partial charge on any atom is -0.478 e. The summed E-state index contributed by atoms with van der Waals surface area (Å²) >= 11 is 6.04. The fraction of sp³-hybridized carbons (Fsp3) is 0.455. The highest BCUT2D eigenvalue weighted by atomic mass is 35.5. The third kappa shape index (κ3) is 2.44. The maximum Gasteiger partial charge on any atom is 0.337 e. The fourth-order valence-electron chi connectivity index (χ4n) is 1.56. The van der Waals surface area contributed by atoms with E-state index >= 15 is 0 Å². The Labute approximate surface area is 99.9 Å². The number of hydrogen-bond acceptors (Lipinski definition) is 3. The molecule has 16 heavy (non-hydrogen) atoms. The molecule has 0 saturated heterocycles. The molecule has 4 nitrogen and oxygen atoms in total. The first-order chi connectivity index (χ1) is 7.49. The lowest BCUT2D eigenvalue weighted by molar-refractivity contribution is 0.0697. The summed E-state index contributed by atoms with van der Waals surface area (Å²) < 4.78 is 0. The number of aromatic nitrogens is 1. The molecule has 0 saturated carbocycles. The van der Waals surface area contributed by atoms with Crippen LogP contribution < -0.4 is 4.90 Å². The number of carboxylic acids is 1. The van der Waals surface area contributed by atoms with E-state index in [0.717, 1.165) is 6.54 Å². The molecule has 0 atom stereocenters. The number of hydrogen-bond donors (Lipinski definition) is 1. The number of anilines is 1. The van der Waals surface area contributed by atoms with Gasteiger partial charge in [-0.25, -0.2) is 9.78 Å². The molecule has 0 aliphatic heterocycles. The van der Waals surface area contributed by atoms with Gasteiger partial charge in [-0.15, -0.1) is 0 Å². The smallest absolute Gasteiger partial charge is 0.337 e. The van der Waals surface area contributed by atoms with E-state index in [1.54, 1.807) is 0 Å². The summed E-state index contributed by atoms with van der Waals surface area (Å²) in [7, 11) is 0. The predicted octanol–water partition coefficient (Wildman–Crippen LogP) is 2.67. The maximum atomic E-state index is 10.9. The molecule has 0 unspecified atom stereocenters. The summed E-state index contributed by atoms with van der Waals surface area (Å²) in [6.07, 6.45) is 1.47. The Bertz CT molecular complexity index is 394. The van der Waals surface area contributed by atoms with E-state index in [4.69, 9.17) is 16.7 Å². The Hall–Kier alpha value is -1.29. The van der Waals surface area contributed by atoms with Crippen LogP contribution in [0.2, 0.25) is 5.02 Å². The zero-order chi connectivity index (χ0) is 12.3. The van der Waals surface area contributed by atoms with E-state index in [-0.39, 0.29) is 16.6 Å². The Morgan fingerprint density at radius 2 is 2.25 bits per heavy atom. The van der Waals surface area contributed by atoms with Crippen molar-refractivity contribution in [1.29, 1.82) is 0 Å². The second-order valence-electron chi connectivity index (χ2n) is 3.68. The van der Waals surface area contributed by atoms with Crippen LogP contribution in [-0.2, 0) is 0 Å². The molecular formula is C11H15ClN2O2. The van der Waals surface area contributed by atoms with Crippen LogP contribution in [-0.4, -0.2) is 28.6 Å². The van der Waals surface area contributed by atoms with Gasteiger partial charge in [0.05, 0.1) is 10.6 Å². The first-order valence-electron chi connectivity index (χ1n) is 5.13. The molecule has 1 N–H and O–H groups in total. The molecule has 1 rings (SSSR count). The van der Waals surface area contributed by atoms with Gasteiger partial charge in [-0.3, -0.25) is 0 Å². The number of nitrogens with zero attached hydrogens (tertiary/aromatic N) is 2. The van der Waals surface area contributed by atoms with Crippen molar-refractivity contribution >= 4 is 23.4 Å². The van der Waals surface area contributed by atoms with Crippen molar-refractivity contribution in [1.82, 2.24) is 4.98 Å². The van der Waals surface area contributed by atoms with E-state index in [1.807, 2.05) is 25.7 Å². The number of carboxylic acid groups (broad SMARTS) is 1. The molecule has 1 aromatic heterocycles. The number of pyridine rings is 1. The normalized spacial score (nSPS) is 10.6. The van der Waals surface area contributed by atoms with Crippen LogP contribution in [0.15, 0.2) is 12.3 Å². The highest BCUT2D eigenvalue weighted by molar-refractivity contribution is 6.35. The molecule has 88 valence electrons. The Morgan fingerprint density at radius 3 is 2.69 bits per heavy atom. The van der Waals surface area contributed by atoms with Crippen LogP contribution in [0, 0.1) is 0 Å². The highest BCUT2D eigenvalue weighted by Gasteiger charge is 2.18. The molecule has 0 spiro atoms. The SMILES string of the molecule is CCN(c1nccc(C(=O)O)c1Cl)C(C)C. The third-order valence-corrected chi connectivity index (χ3v) is 2.71. The topological polar surface area (TPSA) is 53.4 Å². The van der Waals surface area contributed by atoms with Crippen LogP contribution >= 0.6 is 11.6 Å². The number of rotatable bonds is 4. The lowest BCUT2D eigenvalue weighted by Gasteiger charge is -2.27. The van der Waals surface area contributed by atoms with Crippen molar-refractivity contribution in [3.8, 4) is 0 Å². The number of halogens is 1. The number of carbonyl (C=O) groups is 1. The number of aromatic carboxylic acids is 1. The molecule has 1 heterocycles. The zero-order valence-electron chi connectivity index (χ0n) is 9.57. The zero-order valence-corrected chi connectivity index (χ0v) is 10.3. The van der Waals surface area contributed by atoms with Gasteiger partial charge in [-0.2, -0.15) is 0 Å². The average molecular weight is 243 g/mol. The fourth-order valence-corrected chi connectivity index (χ4v) is 1.86. The minimum absolute atomic E-state index is 0.0887. The van der Waals surface area contributed by atoms with Crippen molar-refractivity contribution in [2.75, 3.05) is 11.4 Å². The van der Waals surface area contributed by atoms with Gasteiger partial charge >= 0.3 is 5.97 Å². The third-order valence-electron chi connectivity index (χ3n) is 2.34. The van der Waals surface area contributed by atoms with Crippen molar-refractivity contribution in [2.24, 2.45) is 0 Å². The Balaban J connectivity index is 3.23. The Kier molecular flexibility index (Phi) is 4.12. The summed E-state index contributed by atoms with van der Waals surface area (Å²) in [6, 6.07) is 1.63. The van der Waals surface area contributed by atoms with Crippen molar-refractivity contribution < 1.29 is 9.90 Å². The first-order valence-corrected chi connectivity index (χ1v) is 5.51. The minimum atomic E-state index is -1.03. The van der Waals surface area contributed by atoms with E-state index in [1.165, 1.54) is 12.3 Å². The molecule has 0 bridgehead atoms. The summed E-state index contributed by atoms with van der Waals surface area (Å²) in [6.45, 7) is 6.73. The van der Waals surface area contributed by atoms with Crippen LogP contribution in [0.3, 0.4) is 0 Å². The van der Waals surface area contributed by atoms with E-state index in [0.29, 0.717) is 5.82 Å². The summed E-state index contributed by atoms with van der Waals surface area (Å²) in [5, 5.41) is 9.15. The second kappa shape index (κ2) is 5.16. The summed E-state index contributed by atoms with van der Waals surface area (Å²) in [5.41, 5.74) is 0.0887. The van der Waals surface area contributed by atoms with E-state index < -0.39 is 5.97 Å². The van der Waals surface area contributed by atoms with Gasteiger partial charge in [-0.1, -0.05) is 11.6 Å². The molecule has 0 fully saturated rings. The summed E-state index contributed by atoms with van der Waals surface area (Å²) in [5.74, 6) is -0.507. The van der Waals surface area contributed by atoms with Gasteiger partial charge in [0.1, 0.15) is 5.82 Å². The lowest BCUT2D eigenvalue weighted by atomic mass is 10.2. The monoisotopic (exact) mass is 242 g/mol. The molecule has 1 aromatic rings. The summed E-state index contributed by atoms with van der Waals surface area (Å²) in [4.78, 5) is 17.0. The quantitative estimate of drug-likeness (QED) is 0.882. The molecule has 0 aliphatic rings. The predicted molar refractivity (Wildman–Crippen MR) is 64.4 cm³/mol. The molecule has 0 amide bonds. The van der Waals surface area contributed by atoms with Gasteiger partial charge in [-0.05, 0) is 26.8 Å². The van der Waals surface area contributed by atoms with Gasteiger partial charge < -0.3 is 10.0 Å². The van der Waals surface area contributed by atoms with Crippen molar-refractivity contribution in [3.05, 3.63) is 22.8 Å². The van der Waals surface area contributed by atoms with Crippen molar-refractivity contribution in [2.45, 2.75) is 26.8 Å². The highest BCUT2D eigenvalue weighted by Crippen LogP contribution is 2.27. The molecule has 5 heteroatoms. The van der Waals surface area contributed by atoms with Crippen molar-refractivity contribution in [3.63, 3.8) is 0 Å². The van der Waals surface area contributed by atoms with Gasteiger partial charge in [0, 0.05) is 18.8 Å². The van der Waals surface area contributed by atoms with E-state index in [2.05, 4.69) is 4.98 Å². The van der Waals surface area contributed by atoms with Crippen LogP contribution in [0.1, 0.15) is 31.1 Å². The van der Waals surface area contributed by atoms with Crippen LogP contribution in [0.5, 0.6) is 0 Å². The Morgan fingerprint density at radius 1 is 1.62 bits per heavy atom. The van der Waals surface area contributed by atoms with Gasteiger partial charge in [0.2, 0.25) is 0 Å². The first kappa shape index (κ1) is 12.8. The standard InChI is InChI=1S/C11H15ClN2O2/c1-4-14(7(2)3)10-9(12)8(11(15)16)5-6-13-10/h5-7H,4H2,1-3H3,(H,15,16). The lowest BCUT2D eigenvalue weighted by Crippen LogP contribution is -2.31. The second-order valence-corrected chi connectivity index (χ2v) is 4.06. The van der Waals surface area contributed by atoms with E-state index in [9.17, 15) is 4.79 Å². The maximum absolute atomic E-state index is 10.9.